The highest BCUT2D eigenvalue weighted by Gasteiger charge is 2.33. The van der Waals surface area contributed by atoms with Gasteiger partial charge in [-0.3, -0.25) is 0 Å². The minimum absolute atomic E-state index is 0.539. The number of fused-ring (bicyclic) bond motifs is 1. The van der Waals surface area contributed by atoms with E-state index in [0.29, 0.717) is 10.8 Å². The van der Waals surface area contributed by atoms with E-state index < -0.39 is 0 Å². The lowest BCUT2D eigenvalue weighted by Crippen LogP contribution is -2.43. The standard InChI is InChI=1S/C17H25NS/c1-19-17(10-4-5-11-17)13-18-16-9-8-14-6-2-3-7-15(14)12-16/h2-3,6-7,16,18H,4-5,8-13H2,1H3. The zero-order chi connectivity index (χ0) is 13.1. The van der Waals surface area contributed by atoms with Crippen LogP contribution in [0.4, 0.5) is 0 Å². The van der Waals surface area contributed by atoms with Crippen molar-refractivity contribution in [2.45, 2.75) is 55.7 Å². The zero-order valence-corrected chi connectivity index (χ0v) is 12.8. The topological polar surface area (TPSA) is 12.0 Å². The number of rotatable bonds is 4. The highest BCUT2D eigenvalue weighted by atomic mass is 32.2. The Labute approximate surface area is 121 Å². The van der Waals surface area contributed by atoms with Gasteiger partial charge in [0, 0.05) is 17.3 Å². The van der Waals surface area contributed by atoms with E-state index in [9.17, 15) is 0 Å². The van der Waals surface area contributed by atoms with Crippen molar-refractivity contribution < 1.29 is 0 Å². The second kappa shape index (κ2) is 5.88. The van der Waals surface area contributed by atoms with E-state index in [1.807, 2.05) is 0 Å². The molecule has 0 aliphatic heterocycles. The Morgan fingerprint density at radius 1 is 1.21 bits per heavy atom. The normalized spacial score (nSPS) is 25.2. The number of hydrogen-bond donors (Lipinski definition) is 1. The molecule has 2 heteroatoms. The smallest absolute Gasteiger partial charge is 0.0281 e. The number of thioether (sulfide) groups is 1. The maximum absolute atomic E-state index is 3.88. The summed E-state index contributed by atoms with van der Waals surface area (Å²) in [6.45, 7) is 1.21. The van der Waals surface area contributed by atoms with E-state index in [0.717, 1.165) is 0 Å². The van der Waals surface area contributed by atoms with Gasteiger partial charge in [0.2, 0.25) is 0 Å². The van der Waals surface area contributed by atoms with Crippen molar-refractivity contribution in [3.05, 3.63) is 35.4 Å². The molecule has 1 N–H and O–H groups in total. The van der Waals surface area contributed by atoms with Crippen LogP contribution >= 0.6 is 11.8 Å². The van der Waals surface area contributed by atoms with Crippen LogP contribution in [0.1, 0.15) is 43.2 Å². The van der Waals surface area contributed by atoms with Gasteiger partial charge in [-0.1, -0.05) is 37.1 Å². The first-order chi connectivity index (χ1) is 9.31. The molecule has 104 valence electrons. The fourth-order valence-electron chi connectivity index (χ4n) is 3.67. The van der Waals surface area contributed by atoms with Gasteiger partial charge < -0.3 is 5.32 Å². The van der Waals surface area contributed by atoms with E-state index in [1.54, 1.807) is 11.1 Å². The summed E-state index contributed by atoms with van der Waals surface area (Å²) in [5.74, 6) is 0. The fourth-order valence-corrected chi connectivity index (χ4v) is 4.60. The summed E-state index contributed by atoms with van der Waals surface area (Å²) in [6.07, 6.45) is 11.7. The quantitative estimate of drug-likeness (QED) is 0.897. The van der Waals surface area contributed by atoms with Crippen LogP contribution in [0, 0.1) is 0 Å². The van der Waals surface area contributed by atoms with Crippen LogP contribution in [0.3, 0.4) is 0 Å². The summed E-state index contributed by atoms with van der Waals surface area (Å²) in [7, 11) is 0. The van der Waals surface area contributed by atoms with Crippen molar-refractivity contribution in [3.8, 4) is 0 Å². The highest BCUT2D eigenvalue weighted by Crippen LogP contribution is 2.39. The lowest BCUT2D eigenvalue weighted by atomic mass is 9.88. The van der Waals surface area contributed by atoms with Gasteiger partial charge in [0.25, 0.3) is 0 Å². The summed E-state index contributed by atoms with van der Waals surface area (Å²) in [5, 5.41) is 3.88. The Kier molecular flexibility index (Phi) is 4.18. The van der Waals surface area contributed by atoms with Gasteiger partial charge in [0.05, 0.1) is 0 Å². The van der Waals surface area contributed by atoms with Crippen molar-refractivity contribution >= 4 is 11.8 Å². The molecule has 0 radical (unpaired) electrons. The number of aryl methyl sites for hydroxylation is 1. The SMILES string of the molecule is CSC1(CNC2CCc3ccccc3C2)CCCC1. The molecule has 1 saturated carbocycles. The summed E-state index contributed by atoms with van der Waals surface area (Å²) in [6, 6.07) is 9.66. The third-order valence-electron chi connectivity index (χ3n) is 5.01. The van der Waals surface area contributed by atoms with E-state index >= 15 is 0 Å². The molecular formula is C17H25NS. The van der Waals surface area contributed by atoms with Crippen LogP contribution < -0.4 is 5.32 Å². The molecule has 0 saturated heterocycles. The Hall–Kier alpha value is -0.470. The molecule has 2 aliphatic rings. The van der Waals surface area contributed by atoms with Crippen molar-refractivity contribution in [2.24, 2.45) is 0 Å². The molecular weight excluding hydrogens is 250 g/mol. The monoisotopic (exact) mass is 275 g/mol. The maximum Gasteiger partial charge on any atom is 0.0281 e. The summed E-state index contributed by atoms with van der Waals surface area (Å²) < 4.78 is 0.539. The fraction of sp³-hybridized carbons (Fsp3) is 0.647. The first-order valence-electron chi connectivity index (χ1n) is 7.67. The number of hydrogen-bond acceptors (Lipinski definition) is 2. The third-order valence-corrected chi connectivity index (χ3v) is 6.43. The zero-order valence-electron chi connectivity index (χ0n) is 12.0. The minimum atomic E-state index is 0.539. The van der Waals surface area contributed by atoms with Crippen molar-refractivity contribution in [1.82, 2.24) is 5.32 Å². The van der Waals surface area contributed by atoms with E-state index in [-0.39, 0.29) is 0 Å². The van der Waals surface area contributed by atoms with Crippen LogP contribution in [0.15, 0.2) is 24.3 Å². The minimum Gasteiger partial charge on any atom is -0.312 e. The summed E-state index contributed by atoms with van der Waals surface area (Å²) in [4.78, 5) is 0. The summed E-state index contributed by atoms with van der Waals surface area (Å²) in [5.41, 5.74) is 3.14. The molecule has 0 bridgehead atoms. The molecule has 0 aromatic heterocycles. The van der Waals surface area contributed by atoms with Crippen LogP contribution in [-0.4, -0.2) is 23.6 Å². The Morgan fingerprint density at radius 3 is 2.68 bits per heavy atom. The molecule has 3 rings (SSSR count). The lowest BCUT2D eigenvalue weighted by Gasteiger charge is -2.32. The molecule has 2 aliphatic carbocycles. The predicted octanol–water partition coefficient (Wildman–Crippen LogP) is 3.81. The maximum atomic E-state index is 3.88. The van der Waals surface area contributed by atoms with Gasteiger partial charge in [-0.25, -0.2) is 0 Å². The molecule has 1 nitrogen and oxygen atoms in total. The molecule has 1 aromatic carbocycles. The van der Waals surface area contributed by atoms with Crippen molar-refractivity contribution in [1.29, 1.82) is 0 Å². The second-order valence-electron chi connectivity index (χ2n) is 6.18. The van der Waals surface area contributed by atoms with Crippen LogP contribution in [0.25, 0.3) is 0 Å². The summed E-state index contributed by atoms with van der Waals surface area (Å²) >= 11 is 2.09. The Morgan fingerprint density at radius 2 is 1.95 bits per heavy atom. The molecule has 0 spiro atoms. The van der Waals surface area contributed by atoms with E-state index in [1.165, 1.54) is 51.5 Å². The van der Waals surface area contributed by atoms with Crippen molar-refractivity contribution in [2.75, 3.05) is 12.8 Å². The molecule has 19 heavy (non-hydrogen) atoms. The van der Waals surface area contributed by atoms with Crippen LogP contribution in [0.5, 0.6) is 0 Å². The molecule has 1 aromatic rings. The number of benzene rings is 1. The van der Waals surface area contributed by atoms with Gasteiger partial charge >= 0.3 is 0 Å². The average Bonchev–Trinajstić information content (AvgIpc) is 2.94. The molecule has 1 unspecified atom stereocenters. The van der Waals surface area contributed by atoms with Crippen LogP contribution in [-0.2, 0) is 12.8 Å². The van der Waals surface area contributed by atoms with Gasteiger partial charge in [-0.05, 0) is 49.5 Å². The Balaban J connectivity index is 1.57. The second-order valence-corrected chi connectivity index (χ2v) is 7.46. The van der Waals surface area contributed by atoms with Gasteiger partial charge in [-0.2, -0.15) is 11.8 Å². The van der Waals surface area contributed by atoms with Crippen molar-refractivity contribution in [3.63, 3.8) is 0 Å². The first kappa shape index (κ1) is 13.5. The molecule has 1 fully saturated rings. The lowest BCUT2D eigenvalue weighted by molar-refractivity contribution is 0.422. The van der Waals surface area contributed by atoms with Gasteiger partial charge in [0.1, 0.15) is 0 Å². The third kappa shape index (κ3) is 3.00. The predicted molar refractivity (Wildman–Crippen MR) is 85.0 cm³/mol. The highest BCUT2D eigenvalue weighted by molar-refractivity contribution is 8.00. The van der Waals surface area contributed by atoms with Crippen LogP contribution in [0.2, 0.25) is 0 Å². The molecule has 0 amide bonds. The molecule has 1 atom stereocenters. The van der Waals surface area contributed by atoms with Gasteiger partial charge in [0.15, 0.2) is 0 Å². The number of nitrogens with one attached hydrogen (secondary N) is 1. The van der Waals surface area contributed by atoms with E-state index in [4.69, 9.17) is 0 Å². The molecule has 0 heterocycles. The Bertz CT molecular complexity index is 423. The first-order valence-corrected chi connectivity index (χ1v) is 8.89. The average molecular weight is 275 g/mol. The van der Waals surface area contributed by atoms with E-state index in [2.05, 4.69) is 47.6 Å². The van der Waals surface area contributed by atoms with Gasteiger partial charge in [-0.15, -0.1) is 0 Å². The largest absolute Gasteiger partial charge is 0.312 e.